The fourth-order valence-electron chi connectivity index (χ4n) is 6.54. The molecule has 0 amide bonds. The van der Waals surface area contributed by atoms with Crippen molar-refractivity contribution in [1.82, 2.24) is 0 Å². The number of aliphatic hydroxyl groups excluding tert-OH is 4. The molecule has 0 aromatic heterocycles. The van der Waals surface area contributed by atoms with Crippen LogP contribution in [-0.4, -0.2) is 96.0 Å². The molecule has 0 aromatic rings. The molecule has 32 heavy (non-hydrogen) atoms. The van der Waals surface area contributed by atoms with Crippen molar-refractivity contribution in [2.75, 3.05) is 0 Å². The van der Waals surface area contributed by atoms with Crippen LogP contribution in [0.2, 0.25) is 34.8 Å². The zero-order valence-electron chi connectivity index (χ0n) is 20.2. The van der Waals surface area contributed by atoms with Crippen LogP contribution >= 0.6 is 0 Å². The van der Waals surface area contributed by atoms with Gasteiger partial charge in [0.1, 0.15) is 16.1 Å². The highest BCUT2D eigenvalue weighted by atomic mass is 28.3. The summed E-state index contributed by atoms with van der Waals surface area (Å²) in [7, 11) is -4.68. The summed E-state index contributed by atoms with van der Waals surface area (Å²) in [6.07, 6.45) is 0.235. The predicted octanol–water partition coefficient (Wildman–Crippen LogP) is 2.48. The molecule has 1 aliphatic heterocycles. The lowest BCUT2D eigenvalue weighted by atomic mass is 9.50. The third-order valence-corrected chi connectivity index (χ3v) is 20.6. The molecule has 0 aromatic carbocycles. The van der Waals surface area contributed by atoms with Gasteiger partial charge in [0.15, 0.2) is 0 Å². The van der Waals surface area contributed by atoms with Crippen molar-refractivity contribution in [3.63, 3.8) is 0 Å². The Morgan fingerprint density at radius 2 is 0.844 bits per heavy atom. The van der Waals surface area contributed by atoms with Crippen LogP contribution in [0, 0.1) is 0 Å². The van der Waals surface area contributed by atoms with Crippen LogP contribution in [0.15, 0.2) is 0 Å². The molecular formula is C20H40B2O8Si2. The molecule has 1 aliphatic rings. The van der Waals surface area contributed by atoms with Gasteiger partial charge in [-0.2, -0.15) is 0 Å². The minimum atomic E-state index is -3.31. The highest BCUT2D eigenvalue weighted by Crippen LogP contribution is 2.58. The molecule has 0 aliphatic carbocycles. The van der Waals surface area contributed by atoms with E-state index in [2.05, 4.69) is 0 Å². The van der Waals surface area contributed by atoms with Crippen molar-refractivity contribution in [2.45, 2.75) is 112 Å². The number of aliphatic hydroxyl groups is 4. The maximum absolute atomic E-state index is 11.9. The van der Waals surface area contributed by atoms with Crippen LogP contribution in [-0.2, 0) is 0 Å². The van der Waals surface area contributed by atoms with Crippen LogP contribution in [0.25, 0.3) is 0 Å². The van der Waals surface area contributed by atoms with Gasteiger partial charge in [0.05, 0.1) is 0 Å². The number of carboxylic acid groups (broad SMARTS) is 2. The molecule has 182 valence electrons. The van der Waals surface area contributed by atoms with Crippen molar-refractivity contribution >= 4 is 42.4 Å². The molecule has 6 N–H and O–H groups in total. The third kappa shape index (κ3) is 4.15. The van der Waals surface area contributed by atoms with Crippen LogP contribution in [0.3, 0.4) is 0 Å². The van der Waals surface area contributed by atoms with E-state index in [1.165, 1.54) is 0 Å². The summed E-state index contributed by atoms with van der Waals surface area (Å²) in [5.41, 5.74) is -5.33. The second kappa shape index (κ2) is 10.7. The normalized spacial score (nSPS) is 36.6. The van der Waals surface area contributed by atoms with Crippen molar-refractivity contribution in [2.24, 2.45) is 0 Å². The summed E-state index contributed by atoms with van der Waals surface area (Å²) in [6, 6.07) is 1.34. The zero-order chi connectivity index (χ0) is 25.1. The molecule has 1 saturated heterocycles. The highest BCUT2D eigenvalue weighted by Gasteiger charge is 2.70. The van der Waals surface area contributed by atoms with Gasteiger partial charge in [0, 0.05) is 33.5 Å². The quantitative estimate of drug-likeness (QED) is 0.257. The molecule has 1 fully saturated rings. The summed E-state index contributed by atoms with van der Waals surface area (Å²) in [6.45, 7) is 10.6. The fourth-order valence-corrected chi connectivity index (χ4v) is 17.6. The average Bonchev–Trinajstić information content (AvgIpc) is 2.76. The Morgan fingerprint density at radius 3 is 0.969 bits per heavy atom. The Morgan fingerprint density at radius 1 is 0.625 bits per heavy atom. The van der Waals surface area contributed by atoms with Gasteiger partial charge in [-0.1, -0.05) is 78.6 Å². The lowest BCUT2D eigenvalue weighted by molar-refractivity contribution is 0.0380. The van der Waals surface area contributed by atoms with Gasteiger partial charge in [0.25, 0.3) is 14.6 Å². The van der Waals surface area contributed by atoms with E-state index in [1.807, 2.05) is 0 Å². The molecule has 2 radical (unpaired) electrons. The molecular weight excluding hydrogens is 446 g/mol. The molecule has 0 spiro atoms. The van der Waals surface area contributed by atoms with Gasteiger partial charge in [-0.3, -0.25) is 9.59 Å². The van der Waals surface area contributed by atoms with E-state index in [0.29, 0.717) is 24.2 Å². The summed E-state index contributed by atoms with van der Waals surface area (Å²) < 4.78 is 0. The molecule has 0 bridgehead atoms. The monoisotopic (exact) mass is 486 g/mol. The van der Waals surface area contributed by atoms with E-state index in [4.69, 9.17) is 0 Å². The van der Waals surface area contributed by atoms with E-state index < -0.39 is 61.4 Å². The number of hydrogen-bond donors (Lipinski definition) is 6. The van der Waals surface area contributed by atoms with Gasteiger partial charge < -0.3 is 30.6 Å². The Balaban J connectivity index is 4.18. The van der Waals surface area contributed by atoms with E-state index in [0.717, 1.165) is 14.6 Å². The van der Waals surface area contributed by atoms with Crippen molar-refractivity contribution in [1.29, 1.82) is 0 Å². The first-order chi connectivity index (χ1) is 14.8. The smallest absolute Gasteiger partial charge is 0.272 e. The number of hydrogen-bond acceptors (Lipinski definition) is 6. The summed E-state index contributed by atoms with van der Waals surface area (Å²) in [4.78, 5) is 23.9. The maximum atomic E-state index is 11.9. The predicted molar refractivity (Wildman–Crippen MR) is 131 cm³/mol. The molecule has 12 heteroatoms. The van der Waals surface area contributed by atoms with Crippen molar-refractivity contribution < 1.29 is 40.2 Å². The van der Waals surface area contributed by atoms with Gasteiger partial charge in [-0.15, -0.1) is 0 Å². The van der Waals surface area contributed by atoms with E-state index >= 15 is 0 Å². The summed E-state index contributed by atoms with van der Waals surface area (Å²) >= 11 is 0. The standard InChI is InChI=1S/C20H40B2O8Si2/c1-7-19(21-17(27)28)13(23)31(9-3,10-4)15(25)20(8-2,22-18(29)30)16(26)32(11-5,12-6)14(19)24/h13-16,23-26H,7-12H2,1-6H3,(H,27,28)(H,29,30). The van der Waals surface area contributed by atoms with Crippen LogP contribution in [0.5, 0.6) is 0 Å². The van der Waals surface area contributed by atoms with E-state index in [-0.39, 0.29) is 12.8 Å². The average molecular weight is 486 g/mol. The van der Waals surface area contributed by atoms with Gasteiger partial charge in [0.2, 0.25) is 11.7 Å². The lowest BCUT2D eigenvalue weighted by Gasteiger charge is -2.63. The third-order valence-electron chi connectivity index (χ3n) is 8.86. The van der Waals surface area contributed by atoms with Crippen molar-refractivity contribution in [3.05, 3.63) is 0 Å². The fraction of sp³-hybridized carbons (Fsp3) is 0.900. The number of carbonyl (C=O) groups is 2. The van der Waals surface area contributed by atoms with Gasteiger partial charge in [-0.25, -0.2) is 0 Å². The SMILES string of the molecule is CCC1([B]C(=O)O)C(O)[Si](CC)(CC)C(O)C([B]C(=O)O)(CC)C(O)[Si](CC)(CC)C1O. The van der Waals surface area contributed by atoms with Crippen LogP contribution in [0.4, 0.5) is 9.59 Å². The van der Waals surface area contributed by atoms with Crippen LogP contribution in [0.1, 0.15) is 54.4 Å². The first kappa shape index (κ1) is 29.4. The first-order valence-electron chi connectivity index (χ1n) is 11.7. The van der Waals surface area contributed by atoms with Crippen molar-refractivity contribution in [3.8, 4) is 0 Å². The number of rotatable bonds is 10. The minimum Gasteiger partial charge on any atom is -0.490 e. The highest BCUT2D eigenvalue weighted by molar-refractivity contribution is 6.92. The Kier molecular flexibility index (Phi) is 9.85. The molecule has 4 unspecified atom stereocenters. The molecule has 1 heterocycles. The Bertz CT molecular complexity index is 592. The molecule has 1 rings (SSSR count). The van der Waals surface area contributed by atoms with Crippen LogP contribution < -0.4 is 0 Å². The molecule has 4 atom stereocenters. The Labute approximate surface area is 194 Å². The molecule has 8 nitrogen and oxygen atoms in total. The summed E-state index contributed by atoms with van der Waals surface area (Å²) in [5.74, 6) is -2.56. The summed E-state index contributed by atoms with van der Waals surface area (Å²) in [5, 5.41) is 64.1. The van der Waals surface area contributed by atoms with Gasteiger partial charge in [-0.05, 0) is 0 Å². The zero-order valence-corrected chi connectivity index (χ0v) is 22.2. The van der Waals surface area contributed by atoms with Gasteiger partial charge >= 0.3 is 0 Å². The second-order valence-electron chi connectivity index (χ2n) is 9.39. The minimum absolute atomic E-state index is 0.117. The first-order valence-corrected chi connectivity index (χ1v) is 16.9. The van der Waals surface area contributed by atoms with E-state index in [1.54, 1.807) is 41.5 Å². The second-order valence-corrected chi connectivity index (χ2v) is 19.3. The maximum Gasteiger partial charge on any atom is 0.272 e. The molecule has 0 saturated carbocycles. The largest absolute Gasteiger partial charge is 0.490 e. The topological polar surface area (TPSA) is 156 Å². The Hall–Kier alpha value is -0.656. The lowest BCUT2D eigenvalue weighted by Crippen LogP contribution is -2.78. The van der Waals surface area contributed by atoms with E-state index in [9.17, 15) is 40.2 Å².